The van der Waals surface area contributed by atoms with Crippen molar-refractivity contribution in [2.45, 2.75) is 44.6 Å². The van der Waals surface area contributed by atoms with Crippen LogP contribution in [0.15, 0.2) is 28.7 Å². The maximum Gasteiger partial charge on any atom is 0.328 e. The first-order valence-corrected chi connectivity index (χ1v) is 9.42. The number of benzene rings is 1. The minimum atomic E-state index is -0.472. The van der Waals surface area contributed by atoms with Gasteiger partial charge in [-0.05, 0) is 37.0 Å². The second-order valence-corrected chi connectivity index (χ2v) is 6.71. The first-order valence-electron chi connectivity index (χ1n) is 9.42. The third kappa shape index (κ3) is 4.88. The SMILES string of the molecule is COC(=O)[C@@H]1CCCN1C(=O)CCc1nnc(CCc2ccc(OC)cc2)o1. The molecule has 0 radical (unpaired) electrons. The Morgan fingerprint density at radius 3 is 2.50 bits per heavy atom. The Labute approximate surface area is 163 Å². The summed E-state index contributed by atoms with van der Waals surface area (Å²) in [7, 11) is 2.98. The van der Waals surface area contributed by atoms with Crippen LogP contribution in [0.25, 0.3) is 0 Å². The molecule has 3 rings (SSSR count). The van der Waals surface area contributed by atoms with Crippen LogP contribution in [-0.2, 0) is 33.6 Å². The van der Waals surface area contributed by atoms with E-state index in [1.165, 1.54) is 7.11 Å². The van der Waals surface area contributed by atoms with E-state index < -0.39 is 6.04 Å². The molecule has 2 heterocycles. The molecule has 1 saturated heterocycles. The Bertz CT molecular complexity index is 802. The van der Waals surface area contributed by atoms with E-state index in [1.54, 1.807) is 12.0 Å². The van der Waals surface area contributed by atoms with E-state index >= 15 is 0 Å². The van der Waals surface area contributed by atoms with Crippen LogP contribution in [0.4, 0.5) is 0 Å². The number of carbonyl (C=O) groups is 2. The van der Waals surface area contributed by atoms with Crippen molar-refractivity contribution in [1.82, 2.24) is 15.1 Å². The van der Waals surface area contributed by atoms with Gasteiger partial charge in [-0.1, -0.05) is 12.1 Å². The number of esters is 1. The van der Waals surface area contributed by atoms with Crippen molar-refractivity contribution >= 4 is 11.9 Å². The molecule has 1 aliphatic rings. The summed E-state index contributed by atoms with van der Waals surface area (Å²) < 4.78 is 15.6. The Hall–Kier alpha value is -2.90. The second kappa shape index (κ2) is 9.34. The van der Waals surface area contributed by atoms with Gasteiger partial charge in [0.15, 0.2) is 0 Å². The number of rotatable bonds is 8. The van der Waals surface area contributed by atoms with Crippen molar-refractivity contribution in [2.75, 3.05) is 20.8 Å². The van der Waals surface area contributed by atoms with E-state index in [0.29, 0.717) is 37.6 Å². The summed E-state index contributed by atoms with van der Waals surface area (Å²) >= 11 is 0. The van der Waals surface area contributed by atoms with E-state index in [0.717, 1.165) is 24.2 Å². The lowest BCUT2D eigenvalue weighted by Crippen LogP contribution is -2.41. The lowest BCUT2D eigenvalue weighted by atomic mass is 10.1. The van der Waals surface area contributed by atoms with Gasteiger partial charge in [0.05, 0.1) is 14.2 Å². The zero-order valence-electron chi connectivity index (χ0n) is 16.2. The van der Waals surface area contributed by atoms with Crippen LogP contribution in [0.2, 0.25) is 0 Å². The highest BCUT2D eigenvalue weighted by molar-refractivity contribution is 5.85. The molecular formula is C20H25N3O5. The predicted octanol–water partition coefficient (Wildman–Crippen LogP) is 1.96. The molecule has 28 heavy (non-hydrogen) atoms. The summed E-state index contributed by atoms with van der Waals surface area (Å²) in [5.74, 6) is 1.36. The van der Waals surface area contributed by atoms with Crippen LogP contribution in [0.3, 0.4) is 0 Å². The molecule has 0 saturated carbocycles. The summed E-state index contributed by atoms with van der Waals surface area (Å²) in [6.45, 7) is 0.579. The molecule has 0 aliphatic carbocycles. The standard InChI is InChI=1S/C20H25N3O5/c1-26-15-8-5-14(6-9-15)7-10-17-21-22-18(28-17)11-12-19(24)23-13-3-4-16(23)20(25)27-2/h5-6,8-9,16H,3-4,7,10-13H2,1-2H3/t16-/m0/s1. The number of likely N-dealkylation sites (tertiary alicyclic amines) is 1. The molecule has 1 fully saturated rings. The molecule has 1 aromatic carbocycles. The van der Waals surface area contributed by atoms with Gasteiger partial charge in [-0.3, -0.25) is 4.79 Å². The van der Waals surface area contributed by atoms with Crippen LogP contribution in [0, 0.1) is 0 Å². The fraction of sp³-hybridized carbons (Fsp3) is 0.500. The molecule has 0 N–H and O–H groups in total. The number of methoxy groups -OCH3 is 2. The Balaban J connectivity index is 1.47. The van der Waals surface area contributed by atoms with Gasteiger partial charge in [0, 0.05) is 25.8 Å². The van der Waals surface area contributed by atoms with Crippen molar-refractivity contribution in [1.29, 1.82) is 0 Å². The topological polar surface area (TPSA) is 94.8 Å². The number of amides is 1. The molecule has 8 heteroatoms. The van der Waals surface area contributed by atoms with Crippen molar-refractivity contribution in [2.24, 2.45) is 0 Å². The number of hydrogen-bond donors (Lipinski definition) is 0. The lowest BCUT2D eigenvalue weighted by Gasteiger charge is -2.22. The number of ether oxygens (including phenoxy) is 2. The molecule has 150 valence electrons. The summed E-state index contributed by atoms with van der Waals surface area (Å²) in [5, 5.41) is 8.08. The maximum atomic E-state index is 12.4. The normalized spacial score (nSPS) is 16.2. The molecule has 1 aromatic heterocycles. The highest BCUT2D eigenvalue weighted by Gasteiger charge is 2.34. The van der Waals surface area contributed by atoms with Crippen LogP contribution in [0.1, 0.15) is 36.6 Å². The zero-order chi connectivity index (χ0) is 19.9. The summed E-state index contributed by atoms with van der Waals surface area (Å²) in [5.41, 5.74) is 1.15. The summed E-state index contributed by atoms with van der Waals surface area (Å²) in [6.07, 6.45) is 3.45. The minimum Gasteiger partial charge on any atom is -0.497 e. The summed E-state index contributed by atoms with van der Waals surface area (Å²) in [4.78, 5) is 25.8. The van der Waals surface area contributed by atoms with Crippen LogP contribution >= 0.6 is 0 Å². The van der Waals surface area contributed by atoms with E-state index in [-0.39, 0.29) is 18.3 Å². The smallest absolute Gasteiger partial charge is 0.328 e. The monoisotopic (exact) mass is 387 g/mol. The van der Waals surface area contributed by atoms with Crippen LogP contribution in [-0.4, -0.2) is 53.8 Å². The third-order valence-corrected chi connectivity index (χ3v) is 4.89. The molecule has 0 bridgehead atoms. The number of carbonyl (C=O) groups excluding carboxylic acids is 2. The van der Waals surface area contributed by atoms with Gasteiger partial charge in [-0.2, -0.15) is 0 Å². The van der Waals surface area contributed by atoms with Crippen molar-refractivity contribution in [3.8, 4) is 5.75 Å². The summed E-state index contributed by atoms with van der Waals surface area (Å²) in [6, 6.07) is 7.37. The average molecular weight is 387 g/mol. The molecule has 1 amide bonds. The van der Waals surface area contributed by atoms with Gasteiger partial charge in [0.1, 0.15) is 11.8 Å². The van der Waals surface area contributed by atoms with Gasteiger partial charge in [0.25, 0.3) is 0 Å². The second-order valence-electron chi connectivity index (χ2n) is 6.71. The fourth-order valence-electron chi connectivity index (χ4n) is 3.34. The van der Waals surface area contributed by atoms with Crippen molar-refractivity contribution in [3.63, 3.8) is 0 Å². The number of aromatic nitrogens is 2. The third-order valence-electron chi connectivity index (χ3n) is 4.89. The van der Waals surface area contributed by atoms with Gasteiger partial charge < -0.3 is 18.8 Å². The molecule has 0 unspecified atom stereocenters. The number of aryl methyl sites for hydroxylation is 3. The van der Waals surface area contributed by atoms with Gasteiger partial charge in [-0.25, -0.2) is 4.79 Å². The van der Waals surface area contributed by atoms with E-state index in [4.69, 9.17) is 13.9 Å². The molecular weight excluding hydrogens is 362 g/mol. The minimum absolute atomic E-state index is 0.0918. The van der Waals surface area contributed by atoms with E-state index in [2.05, 4.69) is 10.2 Å². The Morgan fingerprint density at radius 1 is 1.11 bits per heavy atom. The quantitative estimate of drug-likeness (QED) is 0.639. The van der Waals surface area contributed by atoms with Gasteiger partial charge in [-0.15, -0.1) is 10.2 Å². The molecule has 1 atom stereocenters. The molecule has 1 aliphatic heterocycles. The number of hydrogen-bond acceptors (Lipinski definition) is 7. The van der Waals surface area contributed by atoms with Gasteiger partial charge >= 0.3 is 5.97 Å². The lowest BCUT2D eigenvalue weighted by molar-refractivity contribution is -0.150. The molecule has 2 aromatic rings. The first kappa shape index (κ1) is 19.9. The van der Waals surface area contributed by atoms with E-state index in [9.17, 15) is 9.59 Å². The van der Waals surface area contributed by atoms with Crippen molar-refractivity contribution < 1.29 is 23.5 Å². The fourth-order valence-corrected chi connectivity index (χ4v) is 3.34. The Kier molecular flexibility index (Phi) is 6.62. The van der Waals surface area contributed by atoms with Gasteiger partial charge in [0.2, 0.25) is 17.7 Å². The average Bonchev–Trinajstić information content (AvgIpc) is 3.40. The first-order chi connectivity index (χ1) is 13.6. The molecule has 0 spiro atoms. The highest BCUT2D eigenvalue weighted by atomic mass is 16.5. The highest BCUT2D eigenvalue weighted by Crippen LogP contribution is 2.20. The zero-order valence-corrected chi connectivity index (χ0v) is 16.2. The maximum absolute atomic E-state index is 12.4. The number of nitrogens with zero attached hydrogens (tertiary/aromatic N) is 3. The van der Waals surface area contributed by atoms with E-state index in [1.807, 2.05) is 24.3 Å². The largest absolute Gasteiger partial charge is 0.497 e. The predicted molar refractivity (Wildman–Crippen MR) is 99.8 cm³/mol. The van der Waals surface area contributed by atoms with Crippen molar-refractivity contribution in [3.05, 3.63) is 41.6 Å². The van der Waals surface area contributed by atoms with Crippen LogP contribution in [0.5, 0.6) is 5.75 Å². The van der Waals surface area contributed by atoms with Crippen LogP contribution < -0.4 is 4.74 Å². The Morgan fingerprint density at radius 2 is 1.82 bits per heavy atom. The molecule has 8 nitrogen and oxygen atoms in total.